The van der Waals surface area contributed by atoms with Crippen molar-refractivity contribution in [3.63, 3.8) is 0 Å². The van der Waals surface area contributed by atoms with Gasteiger partial charge in [0.15, 0.2) is 0 Å². The van der Waals surface area contributed by atoms with Crippen molar-refractivity contribution in [2.75, 3.05) is 5.32 Å². The van der Waals surface area contributed by atoms with Gasteiger partial charge in [0, 0.05) is 17.5 Å². The summed E-state index contributed by atoms with van der Waals surface area (Å²) in [5, 5.41) is 13.1. The van der Waals surface area contributed by atoms with Crippen LogP contribution in [0.4, 0.5) is 19.5 Å². The van der Waals surface area contributed by atoms with Gasteiger partial charge < -0.3 is 5.32 Å². The smallest absolute Gasteiger partial charge is 0.324 e. The molecule has 7 heteroatoms. The standard InChI is InChI=1S/C11H8F2N2O2S/c12-8-2-1-3-9(13)11(8)14-6-7-4-5-10(18-7)15(16)17/h1-5,14H,6H2. The van der Waals surface area contributed by atoms with E-state index in [2.05, 4.69) is 5.32 Å². The third kappa shape index (κ3) is 2.62. The van der Waals surface area contributed by atoms with Crippen LogP contribution in [0.5, 0.6) is 0 Å². The molecule has 0 atom stereocenters. The van der Waals surface area contributed by atoms with Gasteiger partial charge in [-0.25, -0.2) is 8.78 Å². The minimum atomic E-state index is -0.693. The molecule has 0 saturated carbocycles. The summed E-state index contributed by atoms with van der Waals surface area (Å²) in [5.41, 5.74) is -0.228. The lowest BCUT2D eigenvalue weighted by molar-refractivity contribution is -0.380. The summed E-state index contributed by atoms with van der Waals surface area (Å²) in [7, 11) is 0. The molecule has 0 aliphatic carbocycles. The number of para-hydroxylation sites is 1. The second-order valence-electron chi connectivity index (χ2n) is 3.45. The van der Waals surface area contributed by atoms with Crippen LogP contribution in [0, 0.1) is 21.7 Å². The van der Waals surface area contributed by atoms with E-state index in [0.29, 0.717) is 4.88 Å². The van der Waals surface area contributed by atoms with Crippen molar-refractivity contribution in [2.24, 2.45) is 0 Å². The summed E-state index contributed by atoms with van der Waals surface area (Å²) in [6, 6.07) is 6.46. The summed E-state index contributed by atoms with van der Waals surface area (Å²) < 4.78 is 26.6. The molecule has 0 unspecified atom stereocenters. The first-order chi connectivity index (χ1) is 8.58. The molecular weight excluding hydrogens is 262 g/mol. The molecule has 1 heterocycles. The molecule has 4 nitrogen and oxygen atoms in total. The largest absolute Gasteiger partial charge is 0.375 e. The van der Waals surface area contributed by atoms with Crippen molar-refractivity contribution in [3.05, 3.63) is 57.0 Å². The molecule has 0 aliphatic rings. The first-order valence-corrected chi connectivity index (χ1v) is 5.80. The predicted molar refractivity (Wildman–Crippen MR) is 64.7 cm³/mol. The van der Waals surface area contributed by atoms with E-state index in [1.54, 1.807) is 6.07 Å². The molecule has 1 N–H and O–H groups in total. The Morgan fingerprint density at radius 1 is 1.22 bits per heavy atom. The molecule has 0 spiro atoms. The molecule has 0 amide bonds. The summed E-state index contributed by atoms with van der Waals surface area (Å²) in [5.74, 6) is -1.39. The molecule has 0 bridgehead atoms. The van der Waals surface area contributed by atoms with Crippen LogP contribution in [0.15, 0.2) is 30.3 Å². The highest BCUT2D eigenvalue weighted by Gasteiger charge is 2.11. The molecule has 2 aromatic rings. The predicted octanol–water partition coefficient (Wildman–Crippen LogP) is 3.55. The SMILES string of the molecule is O=[N+]([O-])c1ccc(CNc2c(F)cccc2F)s1. The summed E-state index contributed by atoms with van der Waals surface area (Å²) >= 11 is 0.965. The summed E-state index contributed by atoms with van der Waals surface area (Å²) in [6.07, 6.45) is 0. The minimum absolute atomic E-state index is 0.000746. The summed E-state index contributed by atoms with van der Waals surface area (Å²) in [4.78, 5) is 10.6. The number of hydrogen-bond donors (Lipinski definition) is 1. The molecule has 0 fully saturated rings. The average molecular weight is 270 g/mol. The van der Waals surface area contributed by atoms with Crippen LogP contribution in [-0.2, 0) is 6.54 Å². The Morgan fingerprint density at radius 2 is 1.89 bits per heavy atom. The van der Waals surface area contributed by atoms with Gasteiger partial charge in [-0.2, -0.15) is 0 Å². The van der Waals surface area contributed by atoms with Gasteiger partial charge in [0.1, 0.15) is 17.3 Å². The first-order valence-electron chi connectivity index (χ1n) is 4.99. The van der Waals surface area contributed by atoms with Gasteiger partial charge in [-0.05, 0) is 18.2 Å². The average Bonchev–Trinajstić information content (AvgIpc) is 2.77. The number of nitrogens with one attached hydrogen (secondary N) is 1. The van der Waals surface area contributed by atoms with Crippen molar-refractivity contribution in [2.45, 2.75) is 6.54 Å². The van der Waals surface area contributed by atoms with Crippen LogP contribution in [0.2, 0.25) is 0 Å². The van der Waals surface area contributed by atoms with E-state index < -0.39 is 16.6 Å². The fourth-order valence-electron chi connectivity index (χ4n) is 1.40. The van der Waals surface area contributed by atoms with Gasteiger partial charge >= 0.3 is 5.00 Å². The molecule has 94 valence electrons. The Labute approximate surface area is 105 Å². The third-order valence-electron chi connectivity index (χ3n) is 2.23. The highest BCUT2D eigenvalue weighted by Crippen LogP contribution is 2.25. The lowest BCUT2D eigenvalue weighted by Gasteiger charge is -2.06. The number of anilines is 1. The molecule has 1 aromatic carbocycles. The van der Waals surface area contributed by atoms with Gasteiger partial charge in [0.25, 0.3) is 0 Å². The fraction of sp³-hybridized carbons (Fsp3) is 0.0909. The van der Waals surface area contributed by atoms with Crippen molar-refractivity contribution in [3.8, 4) is 0 Å². The lowest BCUT2D eigenvalue weighted by atomic mass is 10.3. The molecule has 1 aromatic heterocycles. The number of benzene rings is 1. The number of rotatable bonds is 4. The Morgan fingerprint density at radius 3 is 2.44 bits per heavy atom. The van der Waals surface area contributed by atoms with E-state index in [-0.39, 0.29) is 17.2 Å². The second-order valence-corrected chi connectivity index (χ2v) is 4.59. The topological polar surface area (TPSA) is 55.2 Å². The maximum atomic E-state index is 13.3. The Hall–Kier alpha value is -2.02. The highest BCUT2D eigenvalue weighted by molar-refractivity contribution is 7.15. The van der Waals surface area contributed by atoms with E-state index in [0.717, 1.165) is 23.5 Å². The van der Waals surface area contributed by atoms with E-state index in [1.165, 1.54) is 12.1 Å². The van der Waals surface area contributed by atoms with Crippen LogP contribution < -0.4 is 5.32 Å². The number of hydrogen-bond acceptors (Lipinski definition) is 4. The Kier molecular flexibility index (Phi) is 3.52. The maximum Gasteiger partial charge on any atom is 0.324 e. The zero-order valence-electron chi connectivity index (χ0n) is 9.02. The minimum Gasteiger partial charge on any atom is -0.375 e. The molecule has 0 radical (unpaired) electrons. The normalized spacial score (nSPS) is 10.3. The van der Waals surface area contributed by atoms with Gasteiger partial charge in [0.2, 0.25) is 0 Å². The van der Waals surface area contributed by atoms with Gasteiger partial charge in [-0.3, -0.25) is 10.1 Å². The third-order valence-corrected chi connectivity index (χ3v) is 3.27. The Bertz CT molecular complexity index is 566. The van der Waals surface area contributed by atoms with Crippen molar-refractivity contribution in [1.29, 1.82) is 0 Å². The van der Waals surface area contributed by atoms with Crippen LogP contribution in [0.25, 0.3) is 0 Å². The molecule has 0 saturated heterocycles. The highest BCUT2D eigenvalue weighted by atomic mass is 32.1. The number of thiophene rings is 1. The first kappa shape index (κ1) is 12.4. The molecule has 0 aliphatic heterocycles. The Balaban J connectivity index is 2.09. The van der Waals surface area contributed by atoms with Crippen molar-refractivity contribution in [1.82, 2.24) is 0 Å². The molecule has 18 heavy (non-hydrogen) atoms. The zero-order chi connectivity index (χ0) is 13.1. The lowest BCUT2D eigenvalue weighted by Crippen LogP contribution is -2.02. The van der Waals surface area contributed by atoms with Gasteiger partial charge in [0.05, 0.1) is 4.92 Å². The van der Waals surface area contributed by atoms with Gasteiger partial charge in [-0.1, -0.05) is 17.4 Å². The van der Waals surface area contributed by atoms with Crippen LogP contribution in [-0.4, -0.2) is 4.92 Å². The fourth-order valence-corrected chi connectivity index (χ4v) is 2.16. The van der Waals surface area contributed by atoms with E-state index in [1.807, 2.05) is 0 Å². The van der Waals surface area contributed by atoms with E-state index >= 15 is 0 Å². The van der Waals surface area contributed by atoms with E-state index in [4.69, 9.17) is 0 Å². The number of nitrogens with zero attached hydrogens (tertiary/aromatic N) is 1. The van der Waals surface area contributed by atoms with Crippen molar-refractivity contribution < 1.29 is 13.7 Å². The van der Waals surface area contributed by atoms with Crippen LogP contribution in [0.1, 0.15) is 4.88 Å². The number of halogens is 2. The van der Waals surface area contributed by atoms with Crippen LogP contribution in [0.3, 0.4) is 0 Å². The second kappa shape index (κ2) is 5.09. The summed E-state index contributed by atoms with van der Waals surface area (Å²) in [6.45, 7) is 0.135. The number of nitro groups is 1. The monoisotopic (exact) mass is 270 g/mol. The van der Waals surface area contributed by atoms with Gasteiger partial charge in [-0.15, -0.1) is 0 Å². The zero-order valence-corrected chi connectivity index (χ0v) is 9.84. The van der Waals surface area contributed by atoms with E-state index in [9.17, 15) is 18.9 Å². The molecular formula is C11H8F2N2O2S. The quantitative estimate of drug-likeness (QED) is 0.682. The molecule has 2 rings (SSSR count). The van der Waals surface area contributed by atoms with Crippen molar-refractivity contribution >= 4 is 22.0 Å². The maximum absolute atomic E-state index is 13.3. The van der Waals surface area contributed by atoms with Crippen LogP contribution >= 0.6 is 11.3 Å².